The van der Waals surface area contributed by atoms with Gasteiger partial charge in [-0.1, -0.05) is 0 Å². The maximum absolute atomic E-state index is 11.3. The van der Waals surface area contributed by atoms with Crippen LogP contribution in [0.3, 0.4) is 0 Å². The third kappa shape index (κ3) is 4.30. The molecule has 2 aromatic carbocycles. The molecule has 2 nitrogen and oxygen atoms in total. The summed E-state index contributed by atoms with van der Waals surface area (Å²) in [7, 11) is 0. The number of rotatable bonds is 3. The van der Waals surface area contributed by atoms with Crippen LogP contribution in [0.25, 0.3) is 11.1 Å². The Morgan fingerprint density at radius 3 is 2.24 bits per heavy atom. The minimum absolute atomic E-state index is 0.203. The molecule has 21 heavy (non-hydrogen) atoms. The number of halogens is 2. The molecule has 2 aromatic rings. The van der Waals surface area contributed by atoms with Crippen LogP contribution in [0.15, 0.2) is 46.9 Å². The van der Waals surface area contributed by atoms with Crippen molar-refractivity contribution >= 4 is 58.2 Å². The molecular weight excluding hydrogens is 547 g/mol. The van der Waals surface area contributed by atoms with Crippen LogP contribution in [0.5, 0.6) is 0 Å². The fraction of sp³-hybridized carbons (Fsp3) is 0.188. The first-order valence-corrected chi connectivity index (χ1v) is 19.0. The second kappa shape index (κ2) is 6.79. The zero-order valence-corrected chi connectivity index (χ0v) is 18.3. The number of hydrogen-bond acceptors (Lipinski definition) is 2. The number of benzene rings is 2. The second-order valence-electron chi connectivity index (χ2n) is 5.31. The van der Waals surface area contributed by atoms with E-state index in [-0.39, 0.29) is 5.97 Å². The van der Waals surface area contributed by atoms with Crippen molar-refractivity contribution in [2.45, 2.75) is 15.9 Å². The van der Waals surface area contributed by atoms with Gasteiger partial charge in [0.2, 0.25) is 0 Å². The van der Waals surface area contributed by atoms with E-state index in [1.165, 1.54) is 6.92 Å². The van der Waals surface area contributed by atoms with E-state index in [1.807, 2.05) is 30.3 Å². The van der Waals surface area contributed by atoms with Gasteiger partial charge < -0.3 is 0 Å². The van der Waals surface area contributed by atoms with Gasteiger partial charge in [0.05, 0.1) is 0 Å². The molecule has 0 spiro atoms. The van der Waals surface area contributed by atoms with Gasteiger partial charge in [-0.15, -0.1) is 0 Å². The third-order valence-corrected chi connectivity index (χ3v) is 15.3. The molecule has 0 unspecified atom stereocenters. The Morgan fingerprint density at radius 2 is 1.67 bits per heavy atom. The molecule has 0 aliphatic carbocycles. The molecule has 0 N–H and O–H groups in total. The van der Waals surface area contributed by atoms with Crippen LogP contribution in [-0.2, 0) is 7.48 Å². The van der Waals surface area contributed by atoms with E-state index in [0.29, 0.717) is 0 Å². The predicted octanol–water partition coefficient (Wildman–Crippen LogP) is 4.74. The summed E-state index contributed by atoms with van der Waals surface area (Å²) in [6, 6.07) is 13.9. The molecule has 0 aliphatic heterocycles. The predicted molar refractivity (Wildman–Crippen MR) is 93.5 cm³/mol. The zero-order valence-electron chi connectivity index (χ0n) is 12.1. The van der Waals surface area contributed by atoms with Crippen molar-refractivity contribution in [2.24, 2.45) is 0 Å². The molecule has 110 valence electrons. The molecule has 0 bridgehead atoms. The van der Waals surface area contributed by atoms with Gasteiger partial charge in [0, 0.05) is 0 Å². The summed E-state index contributed by atoms with van der Waals surface area (Å²) in [5.74, 6) is -0.203. The maximum atomic E-state index is 11.3. The monoisotopic (exact) mass is 562 g/mol. The fourth-order valence-electron chi connectivity index (χ4n) is 2.22. The summed E-state index contributed by atoms with van der Waals surface area (Å²) in [6.45, 7) is 1.47. The van der Waals surface area contributed by atoms with E-state index in [2.05, 4.69) is 37.0 Å². The van der Waals surface area contributed by atoms with Gasteiger partial charge in [0.15, 0.2) is 0 Å². The molecule has 0 aromatic heterocycles. The van der Waals surface area contributed by atoms with E-state index in [4.69, 9.17) is 14.3 Å². The van der Waals surface area contributed by atoms with E-state index < -0.39 is 21.6 Å². The molecule has 0 amide bonds. The fourth-order valence-corrected chi connectivity index (χ4v) is 14.5. The van der Waals surface area contributed by atoms with Gasteiger partial charge in [-0.05, 0) is 0 Å². The molecule has 0 atom stereocenters. The molecule has 0 fully saturated rings. The molecule has 0 saturated heterocycles. The summed E-state index contributed by atoms with van der Waals surface area (Å²) in [5, 5.41) is 0.719. The van der Waals surface area contributed by atoms with E-state index >= 15 is 0 Å². The molecule has 0 aliphatic rings. The van der Waals surface area contributed by atoms with E-state index in [0.717, 1.165) is 23.7 Å². The van der Waals surface area contributed by atoms with Crippen molar-refractivity contribution in [3.63, 3.8) is 0 Å². The average Bonchev–Trinajstić information content (AvgIpc) is 2.38. The minimum atomic E-state index is -3.23. The van der Waals surface area contributed by atoms with Gasteiger partial charge in [0.25, 0.3) is 0 Å². The third-order valence-electron chi connectivity index (χ3n) is 3.19. The van der Waals surface area contributed by atoms with Crippen LogP contribution >= 0.6 is 27.5 Å². The Kier molecular flexibility index (Phi) is 5.49. The van der Waals surface area contributed by atoms with Crippen molar-refractivity contribution in [2.75, 3.05) is 0 Å². The Labute approximate surface area is 143 Å². The average molecular weight is 563 g/mol. The zero-order chi connectivity index (χ0) is 15.6. The Bertz CT molecular complexity index is 668. The molecule has 0 saturated carbocycles. The topological polar surface area (TPSA) is 26.3 Å². The first-order valence-electron chi connectivity index (χ1n) is 6.55. The van der Waals surface area contributed by atoms with Crippen molar-refractivity contribution < 1.29 is 7.48 Å². The standard InChI is InChI=1S/C12H7BrCl.C2H4O2.2CH3.Pb/c13-11-5-1-9(2-6-11)10-3-7-12(14)8-4-10;1-2(3)4;;;/h1-5,7-8H;1H3,(H,3,4);2*1H3;/q;;;;+1/p-1. The first kappa shape index (κ1) is 17.0. The Hall–Kier alpha value is -0.398. The quantitative estimate of drug-likeness (QED) is 0.505. The van der Waals surface area contributed by atoms with Crippen molar-refractivity contribution in [3.8, 4) is 11.1 Å². The SMILES string of the molecule is CC(=O)[O][Pb]([CH3])([CH3])[c]1cc(-c2ccc(Cl)cc2)ccc1Br. The normalized spacial score (nSPS) is 11.3. The molecular formula is C16H16BrClO2Pb. The molecule has 5 heteroatoms. The van der Waals surface area contributed by atoms with Crippen molar-refractivity contribution in [1.29, 1.82) is 0 Å². The Balaban J connectivity index is 2.46. The summed E-state index contributed by atoms with van der Waals surface area (Å²) in [5.41, 5.74) is 2.20. The number of carbonyl (C=O) groups excluding carboxylic acids is 1. The summed E-state index contributed by atoms with van der Waals surface area (Å²) in [4.78, 5) is 11.3. The van der Waals surface area contributed by atoms with Crippen molar-refractivity contribution in [3.05, 3.63) is 52.0 Å². The van der Waals surface area contributed by atoms with Crippen LogP contribution in [0.1, 0.15) is 6.92 Å². The van der Waals surface area contributed by atoms with Gasteiger partial charge >= 0.3 is 145 Å². The van der Waals surface area contributed by atoms with Crippen LogP contribution in [0.4, 0.5) is 0 Å². The second-order valence-corrected chi connectivity index (χ2v) is 21.2. The van der Waals surface area contributed by atoms with Crippen LogP contribution in [-0.4, -0.2) is 27.6 Å². The van der Waals surface area contributed by atoms with Gasteiger partial charge in [0.1, 0.15) is 0 Å². The summed E-state index contributed by atoms with van der Waals surface area (Å²) < 4.78 is 12.0. The molecule has 0 radical (unpaired) electrons. The van der Waals surface area contributed by atoms with Crippen LogP contribution in [0.2, 0.25) is 14.0 Å². The van der Waals surface area contributed by atoms with Crippen LogP contribution < -0.4 is 3.12 Å². The first-order chi connectivity index (χ1) is 9.79. The summed E-state index contributed by atoms with van der Waals surface area (Å²) >= 11 is 6.28. The van der Waals surface area contributed by atoms with Crippen molar-refractivity contribution in [1.82, 2.24) is 0 Å². The summed E-state index contributed by atoms with van der Waals surface area (Å²) in [6.07, 6.45) is 0. The van der Waals surface area contributed by atoms with Crippen LogP contribution in [0, 0.1) is 0 Å². The van der Waals surface area contributed by atoms with E-state index in [9.17, 15) is 4.79 Å². The molecule has 2 rings (SSSR count). The van der Waals surface area contributed by atoms with Gasteiger partial charge in [-0.2, -0.15) is 0 Å². The number of hydrogen-bond donors (Lipinski definition) is 0. The number of carbonyl (C=O) groups is 1. The van der Waals surface area contributed by atoms with E-state index in [1.54, 1.807) is 0 Å². The Morgan fingerprint density at radius 1 is 1.10 bits per heavy atom. The van der Waals surface area contributed by atoms with Gasteiger partial charge in [-0.25, -0.2) is 0 Å². The van der Waals surface area contributed by atoms with Gasteiger partial charge in [-0.3, -0.25) is 0 Å². The molecule has 0 heterocycles.